The van der Waals surface area contributed by atoms with Crippen molar-refractivity contribution in [3.05, 3.63) is 51.2 Å². The normalized spacial score (nSPS) is 17.9. The van der Waals surface area contributed by atoms with Crippen molar-refractivity contribution in [2.45, 2.75) is 37.4 Å². The first kappa shape index (κ1) is 22.4. The van der Waals surface area contributed by atoms with Gasteiger partial charge >= 0.3 is 12.1 Å². The molecule has 3 rings (SSSR count). The van der Waals surface area contributed by atoms with Crippen LogP contribution in [0.3, 0.4) is 0 Å². The molecule has 1 aliphatic rings. The van der Waals surface area contributed by atoms with E-state index in [1.54, 1.807) is 13.8 Å². The average Bonchev–Trinajstić information content (AvgIpc) is 2.65. The first-order chi connectivity index (χ1) is 13.9. The van der Waals surface area contributed by atoms with Crippen LogP contribution in [0.2, 0.25) is 5.02 Å². The minimum atomic E-state index is -4.62. The van der Waals surface area contributed by atoms with Crippen molar-refractivity contribution in [2.75, 3.05) is 12.9 Å². The summed E-state index contributed by atoms with van der Waals surface area (Å²) in [7, 11) is -2.44. The molecule has 1 aromatic carbocycles. The quantitative estimate of drug-likeness (QED) is 0.625. The van der Waals surface area contributed by atoms with Crippen molar-refractivity contribution < 1.29 is 35.9 Å². The van der Waals surface area contributed by atoms with Gasteiger partial charge in [-0.2, -0.15) is 13.2 Å². The number of rotatable bonds is 3. The predicted octanol–water partition coefficient (Wildman–Crippen LogP) is 4.45. The first-order valence-corrected chi connectivity index (χ1v) is 10.7. The van der Waals surface area contributed by atoms with Crippen molar-refractivity contribution in [3.63, 3.8) is 0 Å². The zero-order valence-corrected chi connectivity index (χ0v) is 17.7. The molecule has 1 aliphatic heterocycles. The lowest BCUT2D eigenvalue weighted by atomic mass is 9.93. The second-order valence-corrected chi connectivity index (χ2v) is 9.28. The lowest BCUT2D eigenvalue weighted by Crippen LogP contribution is -2.27. The summed E-state index contributed by atoms with van der Waals surface area (Å²) in [5.74, 6) is -1.15. The molecular weight excluding hydrogens is 447 g/mol. The van der Waals surface area contributed by atoms with Gasteiger partial charge in [-0.25, -0.2) is 18.2 Å². The van der Waals surface area contributed by atoms with Crippen molar-refractivity contribution in [2.24, 2.45) is 0 Å². The van der Waals surface area contributed by atoms with E-state index in [4.69, 9.17) is 21.1 Å². The summed E-state index contributed by atoms with van der Waals surface area (Å²) in [6, 6.07) is 2.12. The van der Waals surface area contributed by atoms with Gasteiger partial charge in [-0.15, -0.1) is 0 Å². The highest BCUT2D eigenvalue weighted by Gasteiger charge is 2.37. The van der Waals surface area contributed by atoms with Crippen LogP contribution in [-0.2, 0) is 20.8 Å². The van der Waals surface area contributed by atoms with E-state index < -0.39 is 33.7 Å². The maximum Gasteiger partial charge on any atom is 0.417 e. The Kier molecular flexibility index (Phi) is 5.76. The Balaban J connectivity index is 2.12. The van der Waals surface area contributed by atoms with Crippen molar-refractivity contribution in [1.82, 2.24) is 4.98 Å². The van der Waals surface area contributed by atoms with Gasteiger partial charge in [0.1, 0.15) is 11.1 Å². The number of carbonyl (C=O) groups is 1. The molecule has 0 saturated carbocycles. The number of aromatic nitrogens is 1. The Morgan fingerprint density at radius 1 is 1.27 bits per heavy atom. The minimum absolute atomic E-state index is 0.0132. The second kappa shape index (κ2) is 7.73. The molecule has 30 heavy (non-hydrogen) atoms. The van der Waals surface area contributed by atoms with Crippen LogP contribution in [0.4, 0.5) is 13.2 Å². The second-order valence-electron chi connectivity index (χ2n) is 6.82. The highest BCUT2D eigenvalue weighted by molar-refractivity contribution is 7.91. The Morgan fingerprint density at radius 2 is 1.93 bits per heavy atom. The standard InChI is InChI=1S/C19H17ClF3NO5S/c1-9-6-12(18(25)28-3)10(2)15-14(4-5-30(26,27)16(9)15)29-17-13(20)7-11(8-24-17)19(21,22)23/h6-8,14H,4-5H2,1-3H3. The molecule has 2 heterocycles. The number of esters is 1. The fourth-order valence-corrected chi connectivity index (χ4v) is 5.58. The Hall–Kier alpha value is -2.33. The van der Waals surface area contributed by atoms with Gasteiger partial charge in [-0.1, -0.05) is 11.6 Å². The van der Waals surface area contributed by atoms with E-state index in [1.807, 2.05) is 0 Å². The summed E-state index contributed by atoms with van der Waals surface area (Å²) in [5.41, 5.74) is 0.0753. The SMILES string of the molecule is COC(=O)c1cc(C)c2c(c1C)C(Oc1ncc(C(F)(F)F)cc1Cl)CCS2(=O)=O. The number of hydrogen-bond acceptors (Lipinski definition) is 6. The van der Waals surface area contributed by atoms with Crippen LogP contribution in [0.1, 0.15) is 45.1 Å². The molecule has 0 spiro atoms. The lowest BCUT2D eigenvalue weighted by Gasteiger charge is -2.29. The molecule has 2 aromatic rings. The zero-order valence-electron chi connectivity index (χ0n) is 16.1. The average molecular weight is 464 g/mol. The number of alkyl halides is 3. The van der Waals surface area contributed by atoms with Crippen LogP contribution in [0.15, 0.2) is 23.2 Å². The summed E-state index contributed by atoms with van der Waals surface area (Å²) in [6.07, 6.45) is -4.90. The molecule has 11 heteroatoms. The van der Waals surface area contributed by atoms with Gasteiger partial charge in [0.05, 0.1) is 28.9 Å². The Labute approximate surface area is 175 Å². The van der Waals surface area contributed by atoms with Crippen LogP contribution in [-0.4, -0.2) is 32.2 Å². The zero-order chi connectivity index (χ0) is 22.4. The van der Waals surface area contributed by atoms with Gasteiger partial charge in [0.15, 0.2) is 9.84 Å². The molecule has 1 aromatic heterocycles. The van der Waals surface area contributed by atoms with E-state index in [1.165, 1.54) is 13.2 Å². The third-order valence-electron chi connectivity index (χ3n) is 4.85. The molecule has 0 aliphatic carbocycles. The molecule has 0 saturated heterocycles. The van der Waals surface area contributed by atoms with Crippen LogP contribution >= 0.6 is 11.6 Å². The number of halogens is 4. The van der Waals surface area contributed by atoms with Gasteiger partial charge < -0.3 is 9.47 Å². The summed E-state index contributed by atoms with van der Waals surface area (Å²) in [5, 5.41) is -0.363. The number of ether oxygens (including phenoxy) is 2. The van der Waals surface area contributed by atoms with Crippen LogP contribution in [0, 0.1) is 13.8 Å². The van der Waals surface area contributed by atoms with Gasteiger partial charge in [0, 0.05) is 18.2 Å². The topological polar surface area (TPSA) is 82.6 Å². The highest BCUT2D eigenvalue weighted by Crippen LogP contribution is 2.42. The number of hydrogen-bond donors (Lipinski definition) is 0. The monoisotopic (exact) mass is 463 g/mol. The summed E-state index contributed by atoms with van der Waals surface area (Å²) in [4.78, 5) is 15.8. The van der Waals surface area contributed by atoms with E-state index in [0.29, 0.717) is 23.4 Å². The maximum atomic E-state index is 12.8. The van der Waals surface area contributed by atoms with Crippen LogP contribution < -0.4 is 4.74 Å². The molecule has 162 valence electrons. The third kappa shape index (κ3) is 3.98. The molecule has 1 unspecified atom stereocenters. The van der Waals surface area contributed by atoms with Crippen LogP contribution in [0.25, 0.3) is 0 Å². The molecule has 0 amide bonds. The van der Waals surface area contributed by atoms with Crippen molar-refractivity contribution >= 4 is 27.4 Å². The number of benzene rings is 1. The van der Waals surface area contributed by atoms with Gasteiger partial charge in [-0.05, 0) is 37.1 Å². The van der Waals surface area contributed by atoms with Crippen molar-refractivity contribution in [1.29, 1.82) is 0 Å². The largest absolute Gasteiger partial charge is 0.468 e. The fraction of sp³-hybridized carbons (Fsp3) is 0.368. The van der Waals surface area contributed by atoms with Crippen molar-refractivity contribution in [3.8, 4) is 5.88 Å². The van der Waals surface area contributed by atoms with Gasteiger partial charge in [0.25, 0.3) is 0 Å². The lowest BCUT2D eigenvalue weighted by molar-refractivity contribution is -0.137. The summed E-state index contributed by atoms with van der Waals surface area (Å²) >= 11 is 5.93. The number of pyridine rings is 1. The Morgan fingerprint density at radius 3 is 2.50 bits per heavy atom. The maximum absolute atomic E-state index is 12.8. The highest BCUT2D eigenvalue weighted by atomic mass is 35.5. The molecule has 0 radical (unpaired) electrons. The van der Waals surface area contributed by atoms with E-state index in [0.717, 1.165) is 0 Å². The predicted molar refractivity (Wildman–Crippen MR) is 102 cm³/mol. The number of carbonyl (C=O) groups excluding carboxylic acids is 1. The molecular formula is C19H17ClF3NO5S. The minimum Gasteiger partial charge on any atom is -0.468 e. The van der Waals surface area contributed by atoms with E-state index in [9.17, 15) is 26.4 Å². The summed E-state index contributed by atoms with van der Waals surface area (Å²) < 4.78 is 74.4. The van der Waals surface area contributed by atoms with E-state index >= 15 is 0 Å². The van der Waals surface area contributed by atoms with E-state index in [2.05, 4.69) is 4.98 Å². The first-order valence-electron chi connectivity index (χ1n) is 8.71. The number of methoxy groups -OCH3 is 1. The molecule has 6 nitrogen and oxygen atoms in total. The smallest absolute Gasteiger partial charge is 0.417 e. The molecule has 1 atom stereocenters. The van der Waals surface area contributed by atoms with Gasteiger partial charge in [0.2, 0.25) is 5.88 Å². The summed E-state index contributed by atoms with van der Waals surface area (Å²) in [6.45, 7) is 3.11. The number of nitrogens with zero attached hydrogens (tertiary/aromatic N) is 1. The molecule has 0 bridgehead atoms. The van der Waals surface area contributed by atoms with E-state index in [-0.39, 0.29) is 39.1 Å². The molecule has 0 N–H and O–H groups in total. The Bertz CT molecular complexity index is 1130. The fourth-order valence-electron chi connectivity index (χ4n) is 3.47. The van der Waals surface area contributed by atoms with Crippen LogP contribution in [0.5, 0.6) is 5.88 Å². The number of sulfone groups is 1. The third-order valence-corrected chi connectivity index (χ3v) is 7.06. The number of fused-ring (bicyclic) bond motifs is 1. The molecule has 0 fully saturated rings. The van der Waals surface area contributed by atoms with Gasteiger partial charge in [-0.3, -0.25) is 0 Å². The number of aryl methyl sites for hydroxylation is 1.